The first-order valence-electron chi connectivity index (χ1n) is 5.32. The van der Waals surface area contributed by atoms with Crippen LogP contribution in [0.25, 0.3) is 11.4 Å². The van der Waals surface area contributed by atoms with E-state index in [1.807, 2.05) is 45.0 Å². The fourth-order valence-electron chi connectivity index (χ4n) is 1.34. The average molecular weight is 296 g/mol. The maximum absolute atomic E-state index is 5.15. The van der Waals surface area contributed by atoms with Gasteiger partial charge in [0.2, 0.25) is 5.82 Å². The van der Waals surface area contributed by atoms with Crippen LogP contribution < -0.4 is 5.32 Å². The van der Waals surface area contributed by atoms with Gasteiger partial charge in [0, 0.05) is 15.6 Å². The van der Waals surface area contributed by atoms with Crippen LogP contribution in [0.4, 0.5) is 6.01 Å². The highest BCUT2D eigenvalue weighted by Crippen LogP contribution is 2.22. The van der Waals surface area contributed by atoms with Gasteiger partial charge in [0.15, 0.2) is 0 Å². The van der Waals surface area contributed by atoms with Crippen molar-refractivity contribution in [3.8, 4) is 11.4 Å². The normalized spacial score (nSPS) is 11.5. The Balaban J connectivity index is 2.24. The summed E-state index contributed by atoms with van der Waals surface area (Å²) in [7, 11) is 0. The molecular formula is C12H14BrN3O. The summed E-state index contributed by atoms with van der Waals surface area (Å²) in [5.41, 5.74) is 0.825. The van der Waals surface area contributed by atoms with Crippen LogP contribution in [0.3, 0.4) is 0 Å². The van der Waals surface area contributed by atoms with Crippen LogP contribution in [0.15, 0.2) is 33.3 Å². The lowest BCUT2D eigenvalue weighted by molar-refractivity contribution is 0.420. The van der Waals surface area contributed by atoms with Crippen LogP contribution in [-0.2, 0) is 0 Å². The van der Waals surface area contributed by atoms with E-state index in [-0.39, 0.29) is 5.54 Å². The zero-order chi connectivity index (χ0) is 12.5. The number of hydrogen-bond donors (Lipinski definition) is 1. The van der Waals surface area contributed by atoms with Crippen molar-refractivity contribution >= 4 is 21.9 Å². The summed E-state index contributed by atoms with van der Waals surface area (Å²) < 4.78 is 6.14. The van der Waals surface area contributed by atoms with Gasteiger partial charge in [0.1, 0.15) is 0 Å². The van der Waals surface area contributed by atoms with E-state index in [1.54, 1.807) is 0 Å². The number of rotatable bonds is 2. The molecule has 1 N–H and O–H groups in total. The Morgan fingerprint density at radius 1 is 1.29 bits per heavy atom. The third-order valence-corrected chi connectivity index (χ3v) is 2.48. The molecule has 0 atom stereocenters. The molecule has 0 saturated carbocycles. The fourth-order valence-corrected chi connectivity index (χ4v) is 1.74. The van der Waals surface area contributed by atoms with Gasteiger partial charge in [-0.2, -0.15) is 4.98 Å². The molecule has 0 saturated heterocycles. The third kappa shape index (κ3) is 3.30. The van der Waals surface area contributed by atoms with Crippen molar-refractivity contribution in [3.63, 3.8) is 0 Å². The monoisotopic (exact) mass is 295 g/mol. The Morgan fingerprint density at radius 3 is 2.71 bits per heavy atom. The number of nitrogens with one attached hydrogen (secondary N) is 1. The molecule has 17 heavy (non-hydrogen) atoms. The van der Waals surface area contributed by atoms with Crippen molar-refractivity contribution in [2.24, 2.45) is 0 Å². The summed E-state index contributed by atoms with van der Waals surface area (Å²) in [6.07, 6.45) is 0. The molecule has 1 heterocycles. The standard InChI is InChI=1S/C12H14BrN3O/c1-12(2,3)15-11-14-10(16-17-11)8-5-4-6-9(13)7-8/h4-7H,1-3H3,(H,14,15,16). The molecule has 1 aromatic carbocycles. The molecule has 0 aliphatic heterocycles. The van der Waals surface area contributed by atoms with Gasteiger partial charge >= 0.3 is 6.01 Å². The molecule has 2 rings (SSSR count). The average Bonchev–Trinajstić information content (AvgIpc) is 2.63. The van der Waals surface area contributed by atoms with E-state index < -0.39 is 0 Å². The van der Waals surface area contributed by atoms with Gasteiger partial charge < -0.3 is 9.84 Å². The summed E-state index contributed by atoms with van der Waals surface area (Å²) in [6, 6.07) is 8.22. The molecule has 4 nitrogen and oxygen atoms in total. The minimum Gasteiger partial charge on any atom is -0.333 e. The number of anilines is 1. The van der Waals surface area contributed by atoms with Crippen molar-refractivity contribution in [1.82, 2.24) is 10.1 Å². The molecule has 0 amide bonds. The van der Waals surface area contributed by atoms with Gasteiger partial charge in [-0.05, 0) is 32.9 Å². The highest BCUT2D eigenvalue weighted by Gasteiger charge is 2.15. The van der Waals surface area contributed by atoms with E-state index in [4.69, 9.17) is 4.52 Å². The highest BCUT2D eigenvalue weighted by molar-refractivity contribution is 9.10. The summed E-state index contributed by atoms with van der Waals surface area (Å²) in [5.74, 6) is 0.582. The number of hydrogen-bond acceptors (Lipinski definition) is 4. The highest BCUT2D eigenvalue weighted by atomic mass is 79.9. The smallest absolute Gasteiger partial charge is 0.322 e. The molecule has 0 aliphatic carbocycles. The Hall–Kier alpha value is -1.36. The molecule has 2 aromatic rings. The van der Waals surface area contributed by atoms with Gasteiger partial charge in [-0.25, -0.2) is 0 Å². The molecule has 0 aliphatic rings. The largest absolute Gasteiger partial charge is 0.333 e. The van der Waals surface area contributed by atoms with Crippen molar-refractivity contribution in [1.29, 1.82) is 0 Å². The minimum atomic E-state index is -0.0962. The van der Waals surface area contributed by atoms with E-state index in [1.165, 1.54) is 0 Å². The molecule has 1 aromatic heterocycles. The van der Waals surface area contributed by atoms with Crippen LogP contribution >= 0.6 is 15.9 Å². The van der Waals surface area contributed by atoms with E-state index in [2.05, 4.69) is 31.4 Å². The predicted molar refractivity (Wildman–Crippen MR) is 70.8 cm³/mol. The number of aromatic nitrogens is 2. The molecule has 0 bridgehead atoms. The first kappa shape index (κ1) is 12.1. The second-order valence-electron chi connectivity index (χ2n) is 4.81. The number of halogens is 1. The Bertz CT molecular complexity index is 516. The number of benzene rings is 1. The molecule has 0 unspecified atom stereocenters. The zero-order valence-corrected chi connectivity index (χ0v) is 11.6. The Kier molecular flexibility index (Phi) is 3.19. The quantitative estimate of drug-likeness (QED) is 0.918. The fraction of sp³-hybridized carbons (Fsp3) is 0.333. The lowest BCUT2D eigenvalue weighted by atomic mass is 10.1. The predicted octanol–water partition coefficient (Wildman–Crippen LogP) is 3.71. The Labute approximate surface area is 109 Å². The topological polar surface area (TPSA) is 51.0 Å². The van der Waals surface area contributed by atoms with Crippen LogP contribution in [0.2, 0.25) is 0 Å². The molecule has 5 heteroatoms. The number of nitrogens with zero attached hydrogens (tertiary/aromatic N) is 2. The SMILES string of the molecule is CC(C)(C)Nc1nc(-c2cccc(Br)c2)no1. The first-order valence-corrected chi connectivity index (χ1v) is 6.11. The van der Waals surface area contributed by atoms with Crippen LogP contribution in [0.5, 0.6) is 0 Å². The van der Waals surface area contributed by atoms with Crippen LogP contribution in [0.1, 0.15) is 20.8 Å². The maximum atomic E-state index is 5.15. The molecule has 0 radical (unpaired) electrons. The second-order valence-corrected chi connectivity index (χ2v) is 5.72. The van der Waals surface area contributed by atoms with E-state index in [0.29, 0.717) is 11.8 Å². The molecule has 0 spiro atoms. The van der Waals surface area contributed by atoms with Crippen molar-refractivity contribution in [2.45, 2.75) is 26.3 Å². The van der Waals surface area contributed by atoms with Gasteiger partial charge in [-0.1, -0.05) is 33.2 Å². The van der Waals surface area contributed by atoms with Crippen molar-refractivity contribution < 1.29 is 4.52 Å². The summed E-state index contributed by atoms with van der Waals surface area (Å²) in [6.45, 7) is 6.11. The van der Waals surface area contributed by atoms with Crippen molar-refractivity contribution in [2.75, 3.05) is 5.32 Å². The Morgan fingerprint density at radius 2 is 2.06 bits per heavy atom. The minimum absolute atomic E-state index is 0.0962. The lowest BCUT2D eigenvalue weighted by Gasteiger charge is -2.17. The third-order valence-electron chi connectivity index (χ3n) is 1.99. The first-order chi connectivity index (χ1) is 7.94. The van der Waals surface area contributed by atoms with Crippen LogP contribution in [-0.4, -0.2) is 15.7 Å². The summed E-state index contributed by atoms with van der Waals surface area (Å²) >= 11 is 3.41. The molecular weight excluding hydrogens is 282 g/mol. The lowest BCUT2D eigenvalue weighted by Crippen LogP contribution is -2.26. The van der Waals surface area contributed by atoms with E-state index in [0.717, 1.165) is 10.0 Å². The maximum Gasteiger partial charge on any atom is 0.322 e. The van der Waals surface area contributed by atoms with Crippen molar-refractivity contribution in [3.05, 3.63) is 28.7 Å². The van der Waals surface area contributed by atoms with Gasteiger partial charge in [-0.15, -0.1) is 0 Å². The van der Waals surface area contributed by atoms with E-state index >= 15 is 0 Å². The summed E-state index contributed by atoms with van der Waals surface area (Å²) in [5, 5.41) is 7.08. The van der Waals surface area contributed by atoms with Crippen LogP contribution in [0, 0.1) is 0 Å². The molecule has 0 fully saturated rings. The van der Waals surface area contributed by atoms with Gasteiger partial charge in [0.05, 0.1) is 0 Å². The molecule has 90 valence electrons. The second kappa shape index (κ2) is 4.49. The zero-order valence-electron chi connectivity index (χ0n) is 9.99. The van der Waals surface area contributed by atoms with Gasteiger partial charge in [-0.3, -0.25) is 0 Å². The summed E-state index contributed by atoms with van der Waals surface area (Å²) in [4.78, 5) is 4.30. The van der Waals surface area contributed by atoms with E-state index in [9.17, 15) is 0 Å². The van der Waals surface area contributed by atoms with Gasteiger partial charge in [0.25, 0.3) is 0 Å².